The molecule has 0 amide bonds. The summed E-state index contributed by atoms with van der Waals surface area (Å²) in [6.45, 7) is 2.26. The fourth-order valence-electron chi connectivity index (χ4n) is 1.26. The highest BCUT2D eigenvalue weighted by molar-refractivity contribution is 7.99. The Morgan fingerprint density at radius 2 is 2.00 bits per heavy atom. The molecular formula is C8H14N2S2. The van der Waals surface area contributed by atoms with Crippen molar-refractivity contribution in [1.82, 2.24) is 10.2 Å². The van der Waals surface area contributed by atoms with E-state index in [-0.39, 0.29) is 0 Å². The van der Waals surface area contributed by atoms with Crippen LogP contribution in [0.1, 0.15) is 12.8 Å². The number of nitrogens with one attached hydrogen (secondary N) is 1. The van der Waals surface area contributed by atoms with Crippen LogP contribution in [0.15, 0.2) is 0 Å². The topological polar surface area (TPSA) is 15.3 Å². The third-order valence-corrected chi connectivity index (χ3v) is 3.52. The van der Waals surface area contributed by atoms with Crippen molar-refractivity contribution in [3.05, 3.63) is 0 Å². The highest BCUT2D eigenvalue weighted by atomic mass is 32.2. The first-order chi connectivity index (χ1) is 5.86. The number of nitrogens with zero attached hydrogens (tertiary/aromatic N) is 1. The second-order valence-corrected chi connectivity index (χ2v) is 4.93. The van der Waals surface area contributed by atoms with E-state index in [4.69, 9.17) is 12.2 Å². The Kier molecular flexibility index (Phi) is 2.76. The molecule has 2 nitrogen and oxygen atoms in total. The summed E-state index contributed by atoms with van der Waals surface area (Å²) in [7, 11) is 0. The van der Waals surface area contributed by atoms with Gasteiger partial charge in [0.25, 0.3) is 0 Å². The summed E-state index contributed by atoms with van der Waals surface area (Å²) < 4.78 is 0. The van der Waals surface area contributed by atoms with E-state index in [0.29, 0.717) is 6.04 Å². The first-order valence-electron chi connectivity index (χ1n) is 4.49. The van der Waals surface area contributed by atoms with Crippen molar-refractivity contribution in [1.29, 1.82) is 0 Å². The number of rotatable bonds is 1. The molecule has 0 atom stereocenters. The van der Waals surface area contributed by atoms with Crippen LogP contribution < -0.4 is 5.32 Å². The van der Waals surface area contributed by atoms with E-state index in [1.54, 1.807) is 0 Å². The zero-order valence-electron chi connectivity index (χ0n) is 7.08. The van der Waals surface area contributed by atoms with E-state index in [0.717, 1.165) is 18.2 Å². The van der Waals surface area contributed by atoms with Gasteiger partial charge in [0.15, 0.2) is 5.11 Å². The van der Waals surface area contributed by atoms with Crippen LogP contribution in [0, 0.1) is 0 Å². The van der Waals surface area contributed by atoms with Crippen LogP contribution >= 0.6 is 24.0 Å². The zero-order chi connectivity index (χ0) is 8.39. The Labute approximate surface area is 83.1 Å². The number of hydrogen-bond donors (Lipinski definition) is 1. The van der Waals surface area contributed by atoms with Crippen molar-refractivity contribution in [2.75, 3.05) is 24.6 Å². The van der Waals surface area contributed by atoms with E-state index in [2.05, 4.69) is 10.2 Å². The molecule has 0 unspecified atom stereocenters. The molecule has 0 radical (unpaired) electrons. The van der Waals surface area contributed by atoms with Crippen molar-refractivity contribution in [3.8, 4) is 0 Å². The predicted molar refractivity (Wildman–Crippen MR) is 57.7 cm³/mol. The number of hydrogen-bond acceptors (Lipinski definition) is 2. The molecule has 1 heterocycles. The van der Waals surface area contributed by atoms with Crippen LogP contribution in [-0.4, -0.2) is 40.6 Å². The smallest absolute Gasteiger partial charge is 0.169 e. The average molecular weight is 202 g/mol. The Bertz CT molecular complexity index is 174. The molecule has 0 bridgehead atoms. The number of thiocarbonyl (C=S) groups is 1. The van der Waals surface area contributed by atoms with Gasteiger partial charge in [-0.2, -0.15) is 11.8 Å². The first kappa shape index (κ1) is 8.63. The van der Waals surface area contributed by atoms with Gasteiger partial charge in [0, 0.05) is 30.6 Å². The van der Waals surface area contributed by atoms with Gasteiger partial charge >= 0.3 is 0 Å². The molecule has 68 valence electrons. The minimum absolute atomic E-state index is 0.701. The standard InChI is InChI=1S/C8H14N2S2/c11-8(9-7-1-2-7)10-3-5-12-6-4-10/h7H,1-6H2,(H,9,11). The molecule has 1 aliphatic heterocycles. The van der Waals surface area contributed by atoms with Gasteiger partial charge in [0.1, 0.15) is 0 Å². The van der Waals surface area contributed by atoms with Crippen molar-refractivity contribution in [3.63, 3.8) is 0 Å². The normalized spacial score (nSPS) is 23.8. The van der Waals surface area contributed by atoms with E-state index in [9.17, 15) is 0 Å². The zero-order valence-corrected chi connectivity index (χ0v) is 8.72. The molecule has 0 aromatic rings. The summed E-state index contributed by atoms with van der Waals surface area (Å²) in [5, 5.41) is 4.36. The highest BCUT2D eigenvalue weighted by Crippen LogP contribution is 2.19. The van der Waals surface area contributed by atoms with Gasteiger partial charge in [-0.25, -0.2) is 0 Å². The second-order valence-electron chi connectivity index (χ2n) is 3.32. The molecule has 12 heavy (non-hydrogen) atoms. The lowest BCUT2D eigenvalue weighted by molar-refractivity contribution is 0.453. The van der Waals surface area contributed by atoms with E-state index in [1.165, 1.54) is 24.3 Å². The number of thioether (sulfide) groups is 1. The summed E-state index contributed by atoms with van der Waals surface area (Å²) in [6, 6.07) is 0.701. The summed E-state index contributed by atoms with van der Waals surface area (Å²) >= 11 is 7.32. The molecule has 2 rings (SSSR count). The molecule has 0 aromatic heterocycles. The summed E-state index contributed by atoms with van der Waals surface area (Å²) in [4.78, 5) is 2.30. The molecule has 1 aliphatic carbocycles. The SMILES string of the molecule is S=C(NC1CC1)N1CCSCC1. The Hall–Kier alpha value is 0.0400. The van der Waals surface area contributed by atoms with E-state index in [1.807, 2.05) is 11.8 Å². The first-order valence-corrected chi connectivity index (χ1v) is 6.06. The largest absolute Gasteiger partial charge is 0.360 e. The van der Waals surface area contributed by atoms with Gasteiger partial charge in [-0.1, -0.05) is 0 Å². The van der Waals surface area contributed by atoms with E-state index >= 15 is 0 Å². The van der Waals surface area contributed by atoms with Crippen LogP contribution in [0.25, 0.3) is 0 Å². The molecule has 0 aromatic carbocycles. The van der Waals surface area contributed by atoms with Crippen LogP contribution in [0.5, 0.6) is 0 Å². The van der Waals surface area contributed by atoms with Crippen molar-refractivity contribution in [2.45, 2.75) is 18.9 Å². The minimum atomic E-state index is 0.701. The molecule has 1 N–H and O–H groups in total. The van der Waals surface area contributed by atoms with Crippen LogP contribution in [0.3, 0.4) is 0 Å². The summed E-state index contributed by atoms with van der Waals surface area (Å²) in [6.07, 6.45) is 2.62. The van der Waals surface area contributed by atoms with Crippen molar-refractivity contribution in [2.24, 2.45) is 0 Å². The lowest BCUT2D eigenvalue weighted by atomic mass is 10.5. The van der Waals surface area contributed by atoms with Gasteiger partial charge in [0.05, 0.1) is 0 Å². The molecule has 4 heteroatoms. The molecule has 1 saturated carbocycles. The maximum absolute atomic E-state index is 5.30. The van der Waals surface area contributed by atoms with Gasteiger partial charge < -0.3 is 10.2 Å². The second kappa shape index (κ2) is 3.83. The molecule has 1 saturated heterocycles. The van der Waals surface area contributed by atoms with E-state index < -0.39 is 0 Å². The van der Waals surface area contributed by atoms with Gasteiger partial charge in [0.2, 0.25) is 0 Å². The van der Waals surface area contributed by atoms with Gasteiger partial charge in [-0.3, -0.25) is 0 Å². The fourth-order valence-corrected chi connectivity index (χ4v) is 2.51. The van der Waals surface area contributed by atoms with Gasteiger partial charge in [-0.15, -0.1) is 0 Å². The average Bonchev–Trinajstić information content (AvgIpc) is 2.90. The van der Waals surface area contributed by atoms with Gasteiger partial charge in [-0.05, 0) is 25.1 Å². The van der Waals surface area contributed by atoms with Crippen LogP contribution in [-0.2, 0) is 0 Å². The third kappa shape index (κ3) is 2.26. The highest BCUT2D eigenvalue weighted by Gasteiger charge is 2.24. The maximum Gasteiger partial charge on any atom is 0.169 e. The maximum atomic E-state index is 5.30. The third-order valence-electron chi connectivity index (χ3n) is 2.20. The quantitative estimate of drug-likeness (QED) is 0.640. The Morgan fingerprint density at radius 3 is 2.58 bits per heavy atom. The Morgan fingerprint density at radius 1 is 1.33 bits per heavy atom. The Balaban J connectivity index is 1.76. The van der Waals surface area contributed by atoms with Crippen LogP contribution in [0.2, 0.25) is 0 Å². The van der Waals surface area contributed by atoms with Crippen molar-refractivity contribution >= 4 is 29.1 Å². The molecular weight excluding hydrogens is 188 g/mol. The predicted octanol–water partition coefficient (Wildman–Crippen LogP) is 1.07. The molecule has 0 spiro atoms. The fraction of sp³-hybridized carbons (Fsp3) is 0.875. The van der Waals surface area contributed by atoms with Crippen LogP contribution in [0.4, 0.5) is 0 Å². The lowest BCUT2D eigenvalue weighted by Gasteiger charge is -2.29. The minimum Gasteiger partial charge on any atom is -0.360 e. The summed E-state index contributed by atoms with van der Waals surface area (Å²) in [5.74, 6) is 2.46. The lowest BCUT2D eigenvalue weighted by Crippen LogP contribution is -2.44. The summed E-state index contributed by atoms with van der Waals surface area (Å²) in [5.41, 5.74) is 0. The van der Waals surface area contributed by atoms with Crippen molar-refractivity contribution < 1.29 is 0 Å². The molecule has 2 aliphatic rings. The molecule has 2 fully saturated rings. The monoisotopic (exact) mass is 202 g/mol.